The van der Waals surface area contributed by atoms with Gasteiger partial charge in [-0.25, -0.2) is 4.79 Å². The lowest BCUT2D eigenvalue weighted by Gasteiger charge is -2.51. The largest absolute Gasteiger partial charge is 0.445 e. The smallest absolute Gasteiger partial charge is 0.410 e. The van der Waals surface area contributed by atoms with Crippen LogP contribution in [0.15, 0.2) is 30.3 Å². The molecule has 2 bridgehead atoms. The lowest BCUT2D eigenvalue weighted by atomic mass is 9.74. The fourth-order valence-corrected chi connectivity index (χ4v) is 4.57. The fraction of sp³-hybridized carbons (Fsp3) is 0.682. The third-order valence-corrected chi connectivity index (χ3v) is 5.87. The van der Waals surface area contributed by atoms with Crippen molar-refractivity contribution in [3.8, 4) is 0 Å². The molecule has 1 amide bonds. The summed E-state index contributed by atoms with van der Waals surface area (Å²) in [6.07, 6.45) is 5.51. The molecule has 1 N–H and O–H groups in total. The number of piperidine rings is 2. The number of rotatable bonds is 9. The Balaban J connectivity index is 1.50. The Hall–Kier alpha value is -1.63. The quantitative estimate of drug-likeness (QED) is 0.653. The molecule has 0 radical (unpaired) electrons. The van der Waals surface area contributed by atoms with Crippen LogP contribution in [0.25, 0.3) is 0 Å². The Morgan fingerprint density at radius 1 is 1.14 bits per heavy atom. The van der Waals surface area contributed by atoms with E-state index in [1.165, 1.54) is 0 Å². The standard InChI is InChI=1S/C22H33NO5/c1-26-13-14-27-12-6-11-22(25)15-19-9-5-10-20(16-22)23(19)21(24)28-17-18-7-3-2-4-8-18/h2-4,7-8,19-20,25H,5-6,9-17H2,1H3. The molecule has 6 heteroatoms. The molecule has 2 saturated heterocycles. The van der Waals surface area contributed by atoms with Gasteiger partial charge in [-0.2, -0.15) is 0 Å². The van der Waals surface area contributed by atoms with Crippen molar-refractivity contribution in [2.75, 3.05) is 26.9 Å². The number of carbonyl (C=O) groups excluding carboxylic acids is 1. The number of amides is 1. The SMILES string of the molecule is COCCOCCCC1(O)CC2CCCC(C1)N2C(=O)OCc1ccccc1. The number of benzene rings is 1. The number of nitrogens with zero attached hydrogens (tertiary/aromatic N) is 1. The summed E-state index contributed by atoms with van der Waals surface area (Å²) in [5.41, 5.74) is 0.277. The van der Waals surface area contributed by atoms with Crippen molar-refractivity contribution in [3.63, 3.8) is 0 Å². The molecule has 0 saturated carbocycles. The van der Waals surface area contributed by atoms with Gasteiger partial charge in [-0.15, -0.1) is 0 Å². The number of aliphatic hydroxyl groups is 1. The maximum absolute atomic E-state index is 12.7. The molecule has 1 aromatic rings. The zero-order valence-corrected chi connectivity index (χ0v) is 16.8. The van der Waals surface area contributed by atoms with Gasteiger partial charge in [0, 0.05) is 25.8 Å². The average molecular weight is 392 g/mol. The van der Waals surface area contributed by atoms with Crippen LogP contribution in [0.2, 0.25) is 0 Å². The summed E-state index contributed by atoms with van der Waals surface area (Å²) < 4.78 is 16.1. The molecular formula is C22H33NO5. The molecule has 28 heavy (non-hydrogen) atoms. The van der Waals surface area contributed by atoms with E-state index in [0.29, 0.717) is 45.7 Å². The summed E-state index contributed by atoms with van der Waals surface area (Å²) in [5, 5.41) is 11.1. The highest BCUT2D eigenvalue weighted by atomic mass is 16.6. The van der Waals surface area contributed by atoms with Crippen LogP contribution in [0.5, 0.6) is 0 Å². The molecule has 2 aliphatic rings. The van der Waals surface area contributed by atoms with Crippen molar-refractivity contribution in [2.24, 2.45) is 0 Å². The van der Waals surface area contributed by atoms with Crippen LogP contribution in [0.3, 0.4) is 0 Å². The Morgan fingerprint density at radius 3 is 2.54 bits per heavy atom. The van der Waals surface area contributed by atoms with Gasteiger partial charge in [-0.3, -0.25) is 0 Å². The van der Waals surface area contributed by atoms with Gasteiger partial charge in [0.25, 0.3) is 0 Å². The fourth-order valence-electron chi connectivity index (χ4n) is 4.57. The Morgan fingerprint density at radius 2 is 1.86 bits per heavy atom. The van der Waals surface area contributed by atoms with E-state index >= 15 is 0 Å². The predicted molar refractivity (Wildman–Crippen MR) is 106 cm³/mol. The van der Waals surface area contributed by atoms with E-state index in [-0.39, 0.29) is 18.2 Å². The zero-order chi connectivity index (χ0) is 19.8. The number of ether oxygens (including phenoxy) is 3. The van der Waals surface area contributed by atoms with Crippen LogP contribution in [0.1, 0.15) is 50.5 Å². The molecule has 2 fully saturated rings. The number of hydrogen-bond donors (Lipinski definition) is 1. The zero-order valence-electron chi connectivity index (χ0n) is 16.8. The molecule has 2 heterocycles. The van der Waals surface area contributed by atoms with E-state index < -0.39 is 5.60 Å². The van der Waals surface area contributed by atoms with E-state index in [2.05, 4.69) is 0 Å². The molecule has 3 rings (SSSR count). The lowest BCUT2D eigenvalue weighted by Crippen LogP contribution is -2.59. The van der Waals surface area contributed by atoms with Gasteiger partial charge in [-0.05, 0) is 50.5 Å². The summed E-state index contributed by atoms with van der Waals surface area (Å²) in [6, 6.07) is 9.88. The van der Waals surface area contributed by atoms with E-state index in [9.17, 15) is 9.90 Å². The third-order valence-electron chi connectivity index (χ3n) is 5.87. The summed E-state index contributed by atoms with van der Waals surface area (Å²) in [5.74, 6) is 0. The van der Waals surface area contributed by atoms with Gasteiger partial charge in [0.05, 0.1) is 18.8 Å². The second-order valence-corrected chi connectivity index (χ2v) is 8.03. The second kappa shape index (κ2) is 10.2. The maximum atomic E-state index is 12.7. The summed E-state index contributed by atoms with van der Waals surface area (Å²) >= 11 is 0. The van der Waals surface area contributed by atoms with Crippen LogP contribution in [0, 0.1) is 0 Å². The molecule has 0 aromatic heterocycles. The van der Waals surface area contributed by atoms with E-state index in [0.717, 1.165) is 31.2 Å². The topological polar surface area (TPSA) is 68.2 Å². The minimum atomic E-state index is -0.712. The molecule has 156 valence electrons. The van der Waals surface area contributed by atoms with Crippen molar-refractivity contribution in [2.45, 2.75) is 69.2 Å². The first-order chi connectivity index (χ1) is 13.6. The van der Waals surface area contributed by atoms with Gasteiger partial charge in [0.15, 0.2) is 0 Å². The monoisotopic (exact) mass is 391 g/mol. The highest BCUT2D eigenvalue weighted by molar-refractivity contribution is 5.69. The van der Waals surface area contributed by atoms with E-state index in [1.807, 2.05) is 35.2 Å². The van der Waals surface area contributed by atoms with Crippen molar-refractivity contribution in [1.82, 2.24) is 4.90 Å². The second-order valence-electron chi connectivity index (χ2n) is 8.03. The third kappa shape index (κ3) is 5.69. The number of methoxy groups -OCH3 is 1. The molecule has 1 aromatic carbocycles. The Kier molecular flexibility index (Phi) is 7.71. The van der Waals surface area contributed by atoms with Crippen LogP contribution in [-0.4, -0.2) is 60.7 Å². The van der Waals surface area contributed by atoms with Gasteiger partial charge in [-0.1, -0.05) is 30.3 Å². The van der Waals surface area contributed by atoms with Crippen molar-refractivity contribution < 1.29 is 24.1 Å². The number of carbonyl (C=O) groups is 1. The average Bonchev–Trinajstić information content (AvgIpc) is 2.69. The van der Waals surface area contributed by atoms with Crippen molar-refractivity contribution >= 4 is 6.09 Å². The van der Waals surface area contributed by atoms with Gasteiger partial charge in [0.1, 0.15) is 6.61 Å². The first-order valence-electron chi connectivity index (χ1n) is 10.4. The maximum Gasteiger partial charge on any atom is 0.410 e. The van der Waals surface area contributed by atoms with E-state index in [4.69, 9.17) is 14.2 Å². The van der Waals surface area contributed by atoms with Gasteiger partial charge >= 0.3 is 6.09 Å². The minimum absolute atomic E-state index is 0.0650. The summed E-state index contributed by atoms with van der Waals surface area (Å²) in [7, 11) is 1.66. The van der Waals surface area contributed by atoms with Crippen molar-refractivity contribution in [3.05, 3.63) is 35.9 Å². The Labute approximate surface area is 167 Å². The molecule has 2 aliphatic heterocycles. The summed E-state index contributed by atoms with van der Waals surface area (Å²) in [4.78, 5) is 14.6. The highest BCUT2D eigenvalue weighted by Crippen LogP contribution is 2.41. The van der Waals surface area contributed by atoms with Crippen LogP contribution in [0.4, 0.5) is 4.79 Å². The molecule has 6 nitrogen and oxygen atoms in total. The predicted octanol–water partition coefficient (Wildman–Crippen LogP) is 3.51. The first-order valence-corrected chi connectivity index (χ1v) is 10.4. The first kappa shape index (κ1) is 21.1. The minimum Gasteiger partial charge on any atom is -0.445 e. The van der Waals surface area contributed by atoms with Crippen molar-refractivity contribution in [1.29, 1.82) is 0 Å². The van der Waals surface area contributed by atoms with E-state index in [1.54, 1.807) is 7.11 Å². The number of fused-ring (bicyclic) bond motifs is 2. The van der Waals surface area contributed by atoms with Gasteiger partial charge in [0.2, 0.25) is 0 Å². The lowest BCUT2D eigenvalue weighted by molar-refractivity contribution is -0.0920. The normalized spacial score (nSPS) is 26.9. The van der Waals surface area contributed by atoms with Crippen LogP contribution < -0.4 is 0 Å². The number of hydrogen-bond acceptors (Lipinski definition) is 5. The van der Waals surface area contributed by atoms with Gasteiger partial charge < -0.3 is 24.2 Å². The Bertz CT molecular complexity index is 594. The van der Waals surface area contributed by atoms with Crippen LogP contribution in [-0.2, 0) is 20.8 Å². The highest BCUT2D eigenvalue weighted by Gasteiger charge is 2.47. The summed E-state index contributed by atoms with van der Waals surface area (Å²) in [6.45, 7) is 2.10. The molecule has 0 aliphatic carbocycles. The molecule has 2 atom stereocenters. The molecule has 2 unspecified atom stereocenters. The van der Waals surface area contributed by atoms with Crippen LogP contribution >= 0.6 is 0 Å². The molecule has 0 spiro atoms. The molecular weight excluding hydrogens is 358 g/mol.